The van der Waals surface area contributed by atoms with Crippen molar-refractivity contribution in [2.45, 2.75) is 85.0 Å². The van der Waals surface area contributed by atoms with Crippen LogP contribution in [0.4, 0.5) is 4.79 Å². The predicted octanol–water partition coefficient (Wildman–Crippen LogP) is 4.45. The van der Waals surface area contributed by atoms with Gasteiger partial charge in [-0.05, 0) is 89.8 Å². The third-order valence-corrected chi connectivity index (χ3v) is 5.89. The standard InChI is InChI=1S/C30H40N4O5/c1-19-10-9-11-23(20(19)2)25(26(36)33-29(3,4)5)34(17-16-31)27(37)24(32-28(38)39-30(6,7)8)18-21-12-14-22(35)15-13-21/h9-15,24-25,35H,17-18H2,1-8H3,(H,32,38)(H,33,36). The Morgan fingerprint density at radius 2 is 1.64 bits per heavy atom. The number of hydrogen-bond donors (Lipinski definition) is 3. The van der Waals surface area contributed by atoms with E-state index in [4.69, 9.17) is 4.74 Å². The summed E-state index contributed by atoms with van der Waals surface area (Å²) in [6, 6.07) is 11.4. The van der Waals surface area contributed by atoms with Crippen LogP contribution in [0.5, 0.6) is 5.75 Å². The number of nitrogens with zero attached hydrogens (tertiary/aromatic N) is 2. The van der Waals surface area contributed by atoms with Crippen LogP contribution in [0, 0.1) is 25.2 Å². The summed E-state index contributed by atoms with van der Waals surface area (Å²) in [6.07, 6.45) is -0.764. The zero-order valence-electron chi connectivity index (χ0n) is 24.1. The van der Waals surface area contributed by atoms with E-state index in [2.05, 4.69) is 10.6 Å². The second-order valence-electron chi connectivity index (χ2n) is 11.6. The molecule has 2 aromatic rings. The lowest BCUT2D eigenvalue weighted by molar-refractivity contribution is -0.142. The number of aryl methyl sites for hydroxylation is 1. The average Bonchev–Trinajstić information content (AvgIpc) is 2.79. The first-order chi connectivity index (χ1) is 18.0. The number of phenols is 1. The topological polar surface area (TPSA) is 132 Å². The second-order valence-corrected chi connectivity index (χ2v) is 11.6. The minimum absolute atomic E-state index is 0.0424. The van der Waals surface area contributed by atoms with E-state index in [-0.39, 0.29) is 12.2 Å². The Morgan fingerprint density at radius 3 is 2.18 bits per heavy atom. The number of nitrogens with one attached hydrogen (secondary N) is 2. The van der Waals surface area contributed by atoms with Crippen molar-refractivity contribution in [2.24, 2.45) is 0 Å². The minimum atomic E-state index is -1.16. The van der Waals surface area contributed by atoms with Gasteiger partial charge in [-0.15, -0.1) is 0 Å². The van der Waals surface area contributed by atoms with Crippen LogP contribution >= 0.6 is 0 Å². The van der Waals surface area contributed by atoms with Gasteiger partial charge in [0.25, 0.3) is 0 Å². The average molecular weight is 537 g/mol. The monoisotopic (exact) mass is 536 g/mol. The number of phenolic OH excluding ortho intramolecular Hbond substituents is 1. The molecule has 2 atom stereocenters. The van der Waals surface area contributed by atoms with Gasteiger partial charge in [0.05, 0.1) is 6.07 Å². The van der Waals surface area contributed by atoms with Gasteiger partial charge in [-0.3, -0.25) is 9.59 Å². The van der Waals surface area contributed by atoms with Gasteiger partial charge in [0, 0.05) is 12.0 Å². The van der Waals surface area contributed by atoms with Crippen LogP contribution in [0.25, 0.3) is 0 Å². The molecule has 0 aliphatic carbocycles. The molecule has 210 valence electrons. The summed E-state index contributed by atoms with van der Waals surface area (Å²) in [5.41, 5.74) is 1.57. The Kier molecular flexibility index (Phi) is 10.1. The number of nitriles is 1. The molecule has 9 nitrogen and oxygen atoms in total. The normalized spacial score (nSPS) is 13.0. The van der Waals surface area contributed by atoms with Crippen molar-refractivity contribution in [1.82, 2.24) is 15.5 Å². The van der Waals surface area contributed by atoms with E-state index in [1.165, 1.54) is 17.0 Å². The molecule has 0 bridgehead atoms. The fourth-order valence-corrected chi connectivity index (χ4v) is 4.05. The van der Waals surface area contributed by atoms with Gasteiger partial charge in [-0.2, -0.15) is 5.26 Å². The Morgan fingerprint density at radius 1 is 1.03 bits per heavy atom. The number of amides is 3. The summed E-state index contributed by atoms with van der Waals surface area (Å²) in [4.78, 5) is 41.8. The summed E-state index contributed by atoms with van der Waals surface area (Å²) in [6.45, 7) is 14.0. The van der Waals surface area contributed by atoms with Gasteiger partial charge < -0.3 is 25.4 Å². The lowest BCUT2D eigenvalue weighted by atomic mass is 9.94. The fraction of sp³-hybridized carbons (Fsp3) is 0.467. The van der Waals surface area contributed by atoms with Crippen LogP contribution < -0.4 is 10.6 Å². The number of carbonyl (C=O) groups is 3. The quantitative estimate of drug-likeness (QED) is 0.427. The van der Waals surface area contributed by atoms with Crippen LogP contribution in [-0.2, 0) is 20.7 Å². The molecule has 3 amide bonds. The Bertz CT molecular complexity index is 1220. The van der Waals surface area contributed by atoms with Gasteiger partial charge >= 0.3 is 6.09 Å². The number of hydrogen-bond acceptors (Lipinski definition) is 6. The predicted molar refractivity (Wildman–Crippen MR) is 149 cm³/mol. The number of benzene rings is 2. The first-order valence-electron chi connectivity index (χ1n) is 12.9. The third kappa shape index (κ3) is 9.32. The maximum atomic E-state index is 14.2. The summed E-state index contributed by atoms with van der Waals surface area (Å²) in [7, 11) is 0. The molecule has 0 heterocycles. The van der Waals surface area contributed by atoms with Crippen LogP contribution in [-0.4, -0.2) is 51.6 Å². The molecule has 9 heteroatoms. The second kappa shape index (κ2) is 12.7. The molecule has 0 fully saturated rings. The highest BCUT2D eigenvalue weighted by Crippen LogP contribution is 2.28. The van der Waals surface area contributed by atoms with Crippen LogP contribution in [0.3, 0.4) is 0 Å². The molecule has 2 aromatic carbocycles. The zero-order valence-corrected chi connectivity index (χ0v) is 24.1. The molecule has 0 radical (unpaired) electrons. The summed E-state index contributed by atoms with van der Waals surface area (Å²) < 4.78 is 5.40. The molecule has 0 aromatic heterocycles. The van der Waals surface area contributed by atoms with Crippen LogP contribution in [0.15, 0.2) is 42.5 Å². The van der Waals surface area contributed by atoms with E-state index >= 15 is 0 Å². The Labute approximate surface area is 231 Å². The molecule has 0 aliphatic heterocycles. The number of aromatic hydroxyl groups is 1. The van der Waals surface area contributed by atoms with Crippen molar-refractivity contribution in [1.29, 1.82) is 5.26 Å². The molecule has 2 unspecified atom stereocenters. The van der Waals surface area contributed by atoms with E-state index in [1.807, 2.05) is 46.8 Å². The van der Waals surface area contributed by atoms with Gasteiger partial charge in [-0.25, -0.2) is 4.79 Å². The first kappa shape index (κ1) is 31.2. The van der Waals surface area contributed by atoms with Crippen molar-refractivity contribution in [3.63, 3.8) is 0 Å². The largest absolute Gasteiger partial charge is 0.508 e. The van der Waals surface area contributed by atoms with Gasteiger partial charge in [0.2, 0.25) is 11.8 Å². The van der Waals surface area contributed by atoms with Gasteiger partial charge in [0.1, 0.15) is 30.0 Å². The SMILES string of the molecule is Cc1cccc(C(C(=O)NC(C)(C)C)N(CC#N)C(=O)C(Cc2ccc(O)cc2)NC(=O)OC(C)(C)C)c1C. The van der Waals surface area contributed by atoms with E-state index in [1.54, 1.807) is 45.0 Å². The minimum Gasteiger partial charge on any atom is -0.508 e. The van der Waals surface area contributed by atoms with Crippen LogP contribution in [0.1, 0.15) is 69.8 Å². The first-order valence-corrected chi connectivity index (χ1v) is 12.9. The molecule has 2 rings (SSSR count). The lowest BCUT2D eigenvalue weighted by Gasteiger charge is -2.35. The number of carbonyl (C=O) groups excluding carboxylic acids is 3. The van der Waals surface area contributed by atoms with Crippen molar-refractivity contribution in [2.75, 3.05) is 6.54 Å². The van der Waals surface area contributed by atoms with Crippen LogP contribution in [0.2, 0.25) is 0 Å². The van der Waals surface area contributed by atoms with Gasteiger partial charge in [0.15, 0.2) is 0 Å². The Hall–Kier alpha value is -4.06. The van der Waals surface area contributed by atoms with E-state index < -0.39 is 47.7 Å². The number of alkyl carbamates (subject to hydrolysis) is 1. The highest BCUT2D eigenvalue weighted by Gasteiger charge is 2.38. The fourth-order valence-electron chi connectivity index (χ4n) is 4.05. The smallest absolute Gasteiger partial charge is 0.408 e. The van der Waals surface area contributed by atoms with E-state index in [0.717, 1.165) is 11.1 Å². The molecule has 39 heavy (non-hydrogen) atoms. The summed E-state index contributed by atoms with van der Waals surface area (Å²) >= 11 is 0. The Balaban J connectivity index is 2.61. The molecular formula is C30H40N4O5. The summed E-state index contributed by atoms with van der Waals surface area (Å²) in [5, 5.41) is 25.0. The van der Waals surface area contributed by atoms with Crippen molar-refractivity contribution in [3.05, 3.63) is 64.7 Å². The highest BCUT2D eigenvalue weighted by atomic mass is 16.6. The van der Waals surface area contributed by atoms with Crippen molar-refractivity contribution in [3.8, 4) is 11.8 Å². The van der Waals surface area contributed by atoms with Crippen molar-refractivity contribution >= 4 is 17.9 Å². The zero-order chi connectivity index (χ0) is 29.5. The molecule has 3 N–H and O–H groups in total. The van der Waals surface area contributed by atoms with E-state index in [0.29, 0.717) is 11.1 Å². The maximum Gasteiger partial charge on any atom is 0.408 e. The molecule has 0 aliphatic rings. The highest BCUT2D eigenvalue weighted by molar-refractivity contribution is 5.93. The number of ether oxygens (including phenoxy) is 1. The molecule has 0 saturated heterocycles. The third-order valence-electron chi connectivity index (χ3n) is 5.89. The molecule has 0 saturated carbocycles. The summed E-state index contributed by atoms with van der Waals surface area (Å²) in [5.74, 6) is -1.01. The van der Waals surface area contributed by atoms with Gasteiger partial charge in [-0.1, -0.05) is 30.3 Å². The van der Waals surface area contributed by atoms with E-state index in [9.17, 15) is 24.8 Å². The maximum absolute atomic E-state index is 14.2. The molecule has 0 spiro atoms. The van der Waals surface area contributed by atoms with Crippen molar-refractivity contribution < 1.29 is 24.2 Å². The number of rotatable bonds is 8. The molecular weight excluding hydrogens is 496 g/mol. The lowest BCUT2D eigenvalue weighted by Crippen LogP contribution is -2.55.